The van der Waals surface area contributed by atoms with Gasteiger partial charge >= 0.3 is 249 Å². The molecular weight excluding hydrogens is 587 g/mol. The number of β-lactam (4-membered cyclic amide) rings is 1. The number of nitrogens with zero attached hydrogens (tertiary/aromatic N) is 3. The number of oxime groups is 1. The van der Waals surface area contributed by atoms with Gasteiger partial charge in [-0.25, -0.2) is 0 Å². The Kier molecular flexibility index (Phi) is 12.7. The molecule has 1 aromatic heterocycles. The Morgan fingerprint density at radius 1 is 1.39 bits per heavy atom. The minimum atomic E-state index is -1.37. The molecule has 0 aliphatic carbocycles. The van der Waals surface area contributed by atoms with Gasteiger partial charge in [0, 0.05) is 6.92 Å². The average Bonchev–Trinajstić information content (AvgIpc) is 3.20. The van der Waals surface area contributed by atoms with E-state index in [1.54, 1.807) is 4.94 Å². The van der Waals surface area contributed by atoms with E-state index in [-0.39, 0.29) is 116 Å². The predicted octanol–water partition coefficient (Wildman–Crippen LogP) is -7.55. The van der Waals surface area contributed by atoms with Crippen LogP contribution in [0.1, 0.15) is 22.4 Å². The first-order valence-electron chi connectivity index (χ1n) is 9.53. The summed E-state index contributed by atoms with van der Waals surface area (Å²) in [5, 5.41) is 23.9. The number of carbonyl (C=O) groups excluding carboxylic acids is 3. The van der Waals surface area contributed by atoms with E-state index in [1.807, 2.05) is 0 Å². The van der Waals surface area contributed by atoms with Gasteiger partial charge in [-0.2, -0.15) is 0 Å². The third-order valence-corrected chi connectivity index (χ3v) is 7.37. The molecule has 1 unspecified atom stereocenters. The smallest absolute Gasteiger partial charge is 1.00 e. The van der Waals surface area contributed by atoms with Crippen LogP contribution in [0.25, 0.3) is 0 Å². The molecule has 2 aliphatic heterocycles. The van der Waals surface area contributed by atoms with Gasteiger partial charge in [0.15, 0.2) is 0 Å². The van der Waals surface area contributed by atoms with Crippen molar-refractivity contribution in [1.82, 2.24) is 15.2 Å². The number of fused-ring (bicyclic) bond motifs is 1. The molecule has 3 heterocycles. The summed E-state index contributed by atoms with van der Waals surface area (Å²) in [7, 11) is 0. The Bertz CT molecular complexity index is 1140. The number of esters is 1. The van der Waals surface area contributed by atoms with Crippen molar-refractivity contribution in [3.63, 3.8) is 0 Å². The van der Waals surface area contributed by atoms with E-state index < -0.39 is 47.2 Å². The van der Waals surface area contributed by atoms with E-state index in [1.165, 1.54) is 25.6 Å². The third-order valence-electron chi connectivity index (χ3n) is 4.62. The van der Waals surface area contributed by atoms with Crippen molar-refractivity contribution in [2.45, 2.75) is 31.4 Å². The number of anilines is 1. The summed E-state index contributed by atoms with van der Waals surface area (Å²) in [5.74, 6) is -4.67. The summed E-state index contributed by atoms with van der Waals surface area (Å²) in [6.45, 7) is 2.12. The fourth-order valence-electron chi connectivity index (χ4n) is 2.97. The van der Waals surface area contributed by atoms with Gasteiger partial charge < -0.3 is 2.85 Å². The molecule has 0 aromatic carbocycles. The summed E-state index contributed by atoms with van der Waals surface area (Å²) >= 11 is 0.848. The molecule has 0 bridgehead atoms. The van der Waals surface area contributed by atoms with E-state index >= 15 is 0 Å². The second-order valence-electron chi connectivity index (χ2n) is 7.00. The molecule has 18 heteroatoms. The molecule has 186 valence electrons. The summed E-state index contributed by atoms with van der Waals surface area (Å²) < 4.78 is 5.14. The van der Waals surface area contributed by atoms with Crippen LogP contribution in [0, 0.1) is 0 Å². The van der Waals surface area contributed by atoms with E-state index in [4.69, 9.17) is 20.4 Å². The number of hydrogen-bond acceptors (Lipinski definition) is 11. The fraction of sp³-hybridized carbons (Fsp3) is 0.389. The Hall–Kier alpha value is -1.36. The number of carbonyl (C=O) groups is 5. The van der Waals surface area contributed by atoms with Gasteiger partial charge in [-0.1, -0.05) is 0 Å². The SMILES string of the molecule is CC(=O)OCC1=C(C(=O)O)N2C(=O)[C@@H](NC(=O)/C(=N\OC(C)C(=O)O)c3c[se]c(N)n3)[C@H]2SC1.[H-].[H-].[Na+].[Na+]. The number of rotatable bonds is 9. The van der Waals surface area contributed by atoms with E-state index in [2.05, 4.69) is 15.5 Å². The molecule has 2 amide bonds. The molecule has 1 saturated heterocycles. The van der Waals surface area contributed by atoms with Crippen LogP contribution in [-0.2, 0) is 33.5 Å². The number of ether oxygens (including phenoxy) is 1. The van der Waals surface area contributed by atoms with Crippen molar-refractivity contribution >= 4 is 66.4 Å². The zero-order valence-electron chi connectivity index (χ0n) is 21.7. The number of carboxylic acid groups (broad SMARTS) is 2. The van der Waals surface area contributed by atoms with Crippen molar-refractivity contribution < 1.29 is 106 Å². The molecule has 5 N–H and O–H groups in total. The van der Waals surface area contributed by atoms with Crippen LogP contribution in [-0.4, -0.2) is 99.9 Å². The summed E-state index contributed by atoms with van der Waals surface area (Å²) in [4.78, 5) is 71.0. The van der Waals surface area contributed by atoms with Crippen LogP contribution in [0.15, 0.2) is 21.4 Å². The predicted molar refractivity (Wildman–Crippen MR) is 119 cm³/mol. The molecule has 3 rings (SSSR count). The summed E-state index contributed by atoms with van der Waals surface area (Å²) in [6, 6.07) is -1.09. The van der Waals surface area contributed by atoms with Gasteiger partial charge in [-0.05, 0) is 0 Å². The van der Waals surface area contributed by atoms with Gasteiger partial charge in [-0.15, -0.1) is 0 Å². The molecule has 14 nitrogen and oxygen atoms in total. The number of carboxylic acids is 2. The number of nitrogen functional groups attached to an aromatic ring is 1. The van der Waals surface area contributed by atoms with Crippen molar-refractivity contribution in [1.29, 1.82) is 0 Å². The molecule has 2 aliphatic rings. The number of aliphatic carboxylic acids is 2. The second-order valence-corrected chi connectivity index (χ2v) is 9.97. The number of amides is 2. The standard InChI is InChI=1S/C18H19N5O9SSe.2Na.2H/c1-6(16(27)28)32-22-10(9-5-34-18(19)20-9)13(25)21-11-14(26)23-12(17(29)30)8(3-31-7(2)24)4-33-15(11)23;;;;/h5-6,11,15H,3-4H2,1-2H3,(H2,19,20)(H,21,25)(H,27,28)(H,29,30);;;;/q;2*+1;2*-1/b22-10-;;;;/t6?,11-,15-;;;;/m1..../s1. The average molecular weight is 608 g/mol. The van der Waals surface area contributed by atoms with E-state index in [0.29, 0.717) is 0 Å². The Balaban J connectivity index is 0. The monoisotopic (exact) mass is 609 g/mol. The van der Waals surface area contributed by atoms with Crippen LogP contribution in [0.4, 0.5) is 4.69 Å². The van der Waals surface area contributed by atoms with Crippen molar-refractivity contribution in [3.8, 4) is 0 Å². The summed E-state index contributed by atoms with van der Waals surface area (Å²) in [5.41, 5.74) is 5.32. The molecule has 0 radical (unpaired) electrons. The Morgan fingerprint density at radius 2 is 2.06 bits per heavy atom. The first kappa shape index (κ1) is 32.7. The maximum atomic E-state index is 12.9. The van der Waals surface area contributed by atoms with Gasteiger partial charge in [0.05, 0.1) is 0 Å². The zero-order chi connectivity index (χ0) is 25.2. The quantitative estimate of drug-likeness (QED) is 0.0678. The fourth-order valence-corrected chi connectivity index (χ4v) is 5.45. The van der Waals surface area contributed by atoms with Crippen molar-refractivity contribution in [2.24, 2.45) is 5.16 Å². The molecule has 3 atom stereocenters. The van der Waals surface area contributed by atoms with Crippen molar-refractivity contribution in [3.05, 3.63) is 21.9 Å². The molecule has 1 fully saturated rings. The Labute approximate surface area is 261 Å². The largest absolute Gasteiger partial charge is 1.00 e. The maximum absolute atomic E-state index is 12.9. The van der Waals surface area contributed by atoms with Gasteiger partial charge in [0.2, 0.25) is 0 Å². The van der Waals surface area contributed by atoms with Crippen molar-refractivity contribution in [2.75, 3.05) is 18.1 Å². The minimum absolute atomic E-state index is 0. The molecular formula is C18H21N5Na2O9SSe. The number of aromatic nitrogens is 1. The van der Waals surface area contributed by atoms with Crippen LogP contribution in [0.5, 0.6) is 0 Å². The first-order valence-corrected chi connectivity index (χ1v) is 12.4. The number of hydrogen-bond donors (Lipinski definition) is 4. The topological polar surface area (TPSA) is 211 Å². The number of nitrogens with two attached hydrogens (primary N) is 1. The number of nitrogens with one attached hydrogen (secondary N) is 1. The van der Waals surface area contributed by atoms with Gasteiger partial charge in [-0.3, -0.25) is 4.79 Å². The van der Waals surface area contributed by atoms with E-state index in [0.717, 1.165) is 4.90 Å². The van der Waals surface area contributed by atoms with Crippen LogP contribution in [0.2, 0.25) is 0 Å². The second kappa shape index (κ2) is 14.0. The minimum Gasteiger partial charge on any atom is -1.00 e. The molecule has 1 aromatic rings. The third kappa shape index (κ3) is 7.36. The van der Waals surface area contributed by atoms with E-state index in [9.17, 15) is 29.1 Å². The maximum Gasteiger partial charge on any atom is 1.00 e. The molecule has 36 heavy (non-hydrogen) atoms. The normalized spacial score (nSPS) is 19.6. The molecule has 0 spiro atoms. The first-order chi connectivity index (χ1) is 16.0. The number of thioether (sulfide) groups is 1. The van der Waals surface area contributed by atoms with Crippen LogP contribution in [0.3, 0.4) is 0 Å². The summed E-state index contributed by atoms with van der Waals surface area (Å²) in [6.07, 6.45) is -1.36. The van der Waals surface area contributed by atoms with Crippen LogP contribution < -0.4 is 70.2 Å². The van der Waals surface area contributed by atoms with Gasteiger partial charge in [0.1, 0.15) is 0 Å². The molecule has 0 saturated carbocycles. The zero-order valence-corrected chi connectivity index (χ0v) is 26.2. The van der Waals surface area contributed by atoms with Gasteiger partial charge in [0.25, 0.3) is 0 Å². The Morgan fingerprint density at radius 3 is 2.58 bits per heavy atom. The van der Waals surface area contributed by atoms with Crippen LogP contribution >= 0.6 is 11.8 Å².